The summed E-state index contributed by atoms with van der Waals surface area (Å²) >= 11 is 2.73. The number of thiophene rings is 1. The van der Waals surface area contributed by atoms with Gasteiger partial charge in [0.2, 0.25) is 0 Å². The summed E-state index contributed by atoms with van der Waals surface area (Å²) in [7, 11) is -3.40. The summed E-state index contributed by atoms with van der Waals surface area (Å²) in [5.41, 5.74) is 0.428. The molecule has 0 aliphatic carbocycles. The number of benzene rings is 1. The van der Waals surface area contributed by atoms with Gasteiger partial charge < -0.3 is 4.90 Å². The average Bonchev–Trinajstić information content (AvgIpc) is 3.33. The van der Waals surface area contributed by atoms with Crippen molar-refractivity contribution >= 4 is 66.2 Å². The Morgan fingerprint density at radius 3 is 2.41 bits per heavy atom. The standard InChI is InChI=1S/C19H23N3O3S3.ClH/c1-4-21(5-2)11-12-22(18(23)15-9-7-13-26-15)19-20-17-14(27-19)8-6-10-16(17)28(3,24)25;/h6-10,13H,4-5,11-12H2,1-3H3;1H. The Bertz CT molecular complexity index is 1060. The monoisotopic (exact) mass is 473 g/mol. The van der Waals surface area contributed by atoms with Crippen LogP contribution in [0.15, 0.2) is 40.6 Å². The van der Waals surface area contributed by atoms with E-state index in [-0.39, 0.29) is 23.2 Å². The Morgan fingerprint density at radius 2 is 1.83 bits per heavy atom. The minimum atomic E-state index is -3.40. The van der Waals surface area contributed by atoms with E-state index in [1.165, 1.54) is 28.9 Å². The van der Waals surface area contributed by atoms with Crippen molar-refractivity contribution in [2.75, 3.05) is 37.3 Å². The Labute approximate surface area is 185 Å². The topological polar surface area (TPSA) is 70.6 Å². The van der Waals surface area contributed by atoms with Crippen molar-refractivity contribution in [1.82, 2.24) is 9.88 Å². The van der Waals surface area contributed by atoms with E-state index in [2.05, 4.69) is 23.7 Å². The van der Waals surface area contributed by atoms with E-state index in [1.54, 1.807) is 23.1 Å². The maximum atomic E-state index is 13.1. The second-order valence-corrected chi connectivity index (χ2v) is 10.3. The molecule has 0 N–H and O–H groups in total. The van der Waals surface area contributed by atoms with Crippen molar-refractivity contribution in [2.45, 2.75) is 18.7 Å². The number of hydrogen-bond donors (Lipinski definition) is 0. The van der Waals surface area contributed by atoms with Crippen molar-refractivity contribution in [3.63, 3.8) is 0 Å². The first-order valence-electron chi connectivity index (χ1n) is 9.02. The fraction of sp³-hybridized carbons (Fsp3) is 0.368. The number of halogens is 1. The third-order valence-corrected chi connectivity index (χ3v) is 7.54. The van der Waals surface area contributed by atoms with Gasteiger partial charge in [-0.1, -0.05) is 37.3 Å². The van der Waals surface area contributed by atoms with Crippen molar-refractivity contribution in [1.29, 1.82) is 0 Å². The van der Waals surface area contributed by atoms with Gasteiger partial charge in [0.1, 0.15) is 5.52 Å². The van der Waals surface area contributed by atoms with Crippen LogP contribution in [0, 0.1) is 0 Å². The van der Waals surface area contributed by atoms with Crippen LogP contribution in [0.5, 0.6) is 0 Å². The highest BCUT2D eigenvalue weighted by Crippen LogP contribution is 2.33. The quantitative estimate of drug-likeness (QED) is 0.491. The number of thiazole rings is 1. The van der Waals surface area contributed by atoms with Crippen LogP contribution in [0.1, 0.15) is 23.5 Å². The van der Waals surface area contributed by atoms with Gasteiger partial charge in [-0.3, -0.25) is 9.69 Å². The van der Waals surface area contributed by atoms with E-state index < -0.39 is 9.84 Å². The number of anilines is 1. The van der Waals surface area contributed by atoms with Gasteiger partial charge in [0.15, 0.2) is 15.0 Å². The average molecular weight is 474 g/mol. The molecule has 1 amide bonds. The molecule has 10 heteroatoms. The fourth-order valence-corrected chi connectivity index (χ4v) is 5.51. The summed E-state index contributed by atoms with van der Waals surface area (Å²) in [6.07, 6.45) is 1.18. The van der Waals surface area contributed by atoms with Crippen LogP contribution in [0.25, 0.3) is 10.2 Å². The predicted octanol–water partition coefficient (Wildman–Crippen LogP) is 4.17. The van der Waals surface area contributed by atoms with Gasteiger partial charge in [-0.25, -0.2) is 13.4 Å². The summed E-state index contributed by atoms with van der Waals surface area (Å²) in [5.74, 6) is -0.109. The smallest absolute Gasteiger partial charge is 0.270 e. The molecule has 3 rings (SSSR count). The van der Waals surface area contributed by atoms with Crippen molar-refractivity contribution in [3.8, 4) is 0 Å². The SMILES string of the molecule is CCN(CC)CCN(C(=O)c1cccs1)c1nc2c(S(C)(=O)=O)cccc2s1.Cl. The lowest BCUT2D eigenvalue weighted by atomic mass is 10.3. The summed E-state index contributed by atoms with van der Waals surface area (Å²) in [5, 5.41) is 2.40. The first-order chi connectivity index (χ1) is 13.3. The molecule has 0 spiro atoms. The number of amides is 1. The number of nitrogens with zero attached hydrogens (tertiary/aromatic N) is 3. The molecule has 0 radical (unpaired) electrons. The van der Waals surface area contributed by atoms with Gasteiger partial charge in [-0.2, -0.15) is 0 Å². The number of carbonyl (C=O) groups is 1. The van der Waals surface area contributed by atoms with Crippen LogP contribution >= 0.6 is 35.1 Å². The molecule has 0 bridgehead atoms. The van der Waals surface area contributed by atoms with Crippen LogP contribution in [0.2, 0.25) is 0 Å². The molecule has 1 aromatic carbocycles. The normalized spacial score (nSPS) is 11.6. The minimum Gasteiger partial charge on any atom is -0.302 e. The second kappa shape index (κ2) is 9.99. The largest absolute Gasteiger partial charge is 0.302 e. The number of aromatic nitrogens is 1. The molecule has 3 aromatic rings. The summed E-state index contributed by atoms with van der Waals surface area (Å²) in [6.45, 7) is 7.19. The molecule has 2 aromatic heterocycles. The van der Waals surface area contributed by atoms with E-state index in [4.69, 9.17) is 0 Å². The molecule has 29 heavy (non-hydrogen) atoms. The molecule has 0 aliphatic heterocycles. The number of hydrogen-bond acceptors (Lipinski definition) is 7. The maximum absolute atomic E-state index is 13.1. The van der Waals surface area contributed by atoms with Gasteiger partial charge in [-0.05, 0) is 36.7 Å². The first-order valence-corrected chi connectivity index (χ1v) is 12.6. The zero-order valence-corrected chi connectivity index (χ0v) is 19.8. The molecule has 0 saturated heterocycles. The number of fused-ring (bicyclic) bond motifs is 1. The molecular weight excluding hydrogens is 450 g/mol. The van der Waals surface area contributed by atoms with Crippen LogP contribution < -0.4 is 4.90 Å². The molecule has 6 nitrogen and oxygen atoms in total. The number of rotatable bonds is 8. The highest BCUT2D eigenvalue weighted by molar-refractivity contribution is 7.91. The fourth-order valence-electron chi connectivity index (χ4n) is 2.92. The van der Waals surface area contributed by atoms with E-state index >= 15 is 0 Å². The first kappa shape index (κ1) is 23.8. The van der Waals surface area contributed by atoms with Crippen LogP contribution in [0.4, 0.5) is 5.13 Å². The predicted molar refractivity (Wildman–Crippen MR) is 124 cm³/mol. The number of likely N-dealkylation sites (N-methyl/N-ethyl adjacent to an activating group) is 1. The minimum absolute atomic E-state index is 0. The van der Waals surface area contributed by atoms with E-state index in [9.17, 15) is 13.2 Å². The molecule has 0 aliphatic rings. The van der Waals surface area contributed by atoms with E-state index in [0.29, 0.717) is 22.1 Å². The molecule has 0 saturated carbocycles. The highest BCUT2D eigenvalue weighted by Gasteiger charge is 2.24. The zero-order chi connectivity index (χ0) is 20.3. The van der Waals surface area contributed by atoms with Crippen molar-refractivity contribution in [3.05, 3.63) is 40.6 Å². The van der Waals surface area contributed by atoms with Crippen molar-refractivity contribution < 1.29 is 13.2 Å². The van der Waals surface area contributed by atoms with Crippen LogP contribution in [-0.4, -0.2) is 56.6 Å². The summed E-state index contributed by atoms with van der Waals surface area (Å²) in [6, 6.07) is 8.75. The zero-order valence-electron chi connectivity index (χ0n) is 16.5. The lowest BCUT2D eigenvalue weighted by Crippen LogP contribution is -2.38. The van der Waals surface area contributed by atoms with Gasteiger partial charge in [0.25, 0.3) is 5.91 Å². The van der Waals surface area contributed by atoms with Gasteiger partial charge in [0.05, 0.1) is 14.5 Å². The lowest BCUT2D eigenvalue weighted by molar-refractivity contribution is 0.0987. The number of carbonyl (C=O) groups excluding carboxylic acids is 1. The van der Waals surface area contributed by atoms with Crippen molar-refractivity contribution in [2.24, 2.45) is 0 Å². The van der Waals surface area contributed by atoms with E-state index in [1.807, 2.05) is 17.5 Å². The van der Waals surface area contributed by atoms with E-state index in [0.717, 1.165) is 24.3 Å². The summed E-state index contributed by atoms with van der Waals surface area (Å²) in [4.78, 5) is 22.4. The van der Waals surface area contributed by atoms with Gasteiger partial charge in [0, 0.05) is 19.3 Å². The molecule has 2 heterocycles. The Hall–Kier alpha value is -1.52. The van der Waals surface area contributed by atoms with Gasteiger partial charge >= 0.3 is 0 Å². The Kier molecular flexibility index (Phi) is 8.18. The third-order valence-electron chi connectivity index (χ3n) is 4.51. The maximum Gasteiger partial charge on any atom is 0.270 e. The molecular formula is C19H24ClN3O3S3. The second-order valence-electron chi connectivity index (χ2n) is 6.33. The summed E-state index contributed by atoms with van der Waals surface area (Å²) < 4.78 is 25.0. The molecule has 158 valence electrons. The molecule has 0 atom stereocenters. The third kappa shape index (κ3) is 5.35. The Balaban J connectivity index is 0.00000300. The number of para-hydroxylation sites is 1. The Morgan fingerprint density at radius 1 is 1.10 bits per heavy atom. The highest BCUT2D eigenvalue weighted by atomic mass is 35.5. The van der Waals surface area contributed by atoms with Crippen LogP contribution in [-0.2, 0) is 9.84 Å². The number of sulfone groups is 1. The lowest BCUT2D eigenvalue weighted by Gasteiger charge is -2.24. The molecule has 0 unspecified atom stereocenters. The molecule has 0 fully saturated rings. The van der Waals surface area contributed by atoms with Gasteiger partial charge in [-0.15, -0.1) is 23.7 Å². The van der Waals surface area contributed by atoms with Crippen LogP contribution in [0.3, 0.4) is 0 Å².